The van der Waals surface area contributed by atoms with Gasteiger partial charge in [0.25, 0.3) is 0 Å². The van der Waals surface area contributed by atoms with Crippen molar-refractivity contribution in [2.75, 3.05) is 6.54 Å². The van der Waals surface area contributed by atoms with Crippen molar-refractivity contribution in [2.45, 2.75) is 13.0 Å². The third-order valence-corrected chi connectivity index (χ3v) is 2.10. The normalized spacial score (nSPS) is 11.6. The number of carbonyl (C=O) groups excluding carboxylic acids is 1. The average Bonchev–Trinajstić information content (AvgIpc) is 2.26. The minimum atomic E-state index is -1.13. The number of rotatable bonds is 4. The van der Waals surface area contributed by atoms with Crippen molar-refractivity contribution in [2.24, 2.45) is 0 Å². The van der Waals surface area contributed by atoms with E-state index in [1.165, 1.54) is 18.2 Å². The lowest BCUT2D eigenvalue weighted by atomic mass is 10.1. The summed E-state index contributed by atoms with van der Waals surface area (Å²) in [7, 11) is 0. The standard InChI is InChI=1S/C11H13FN2O3/c1-7(8-3-2-4-9(12)5-8)14-11(17)13-6-10(15)16/h2-5,7H,6H2,1H3,(H,15,16)(H2,13,14,17). The fraction of sp³-hybridized carbons (Fsp3) is 0.273. The molecule has 1 aromatic carbocycles. The second-order valence-electron chi connectivity index (χ2n) is 3.50. The number of aliphatic carboxylic acids is 1. The van der Waals surface area contributed by atoms with Gasteiger partial charge in [0.05, 0.1) is 6.04 Å². The summed E-state index contributed by atoms with van der Waals surface area (Å²) in [5.41, 5.74) is 0.607. The first kappa shape index (κ1) is 13.0. The monoisotopic (exact) mass is 240 g/mol. The highest BCUT2D eigenvalue weighted by Crippen LogP contribution is 2.12. The summed E-state index contributed by atoms with van der Waals surface area (Å²) in [6, 6.07) is 4.81. The summed E-state index contributed by atoms with van der Waals surface area (Å²) in [5.74, 6) is -1.51. The Morgan fingerprint density at radius 2 is 2.18 bits per heavy atom. The molecule has 0 radical (unpaired) electrons. The topological polar surface area (TPSA) is 78.4 Å². The highest BCUT2D eigenvalue weighted by atomic mass is 19.1. The summed E-state index contributed by atoms with van der Waals surface area (Å²) in [6.45, 7) is 1.22. The Hall–Kier alpha value is -2.11. The molecule has 1 aromatic rings. The van der Waals surface area contributed by atoms with Crippen LogP contribution < -0.4 is 10.6 Å². The summed E-state index contributed by atoms with van der Waals surface area (Å²) >= 11 is 0. The zero-order valence-electron chi connectivity index (χ0n) is 9.24. The van der Waals surface area contributed by atoms with Gasteiger partial charge in [0, 0.05) is 0 Å². The molecule has 2 amide bonds. The number of benzene rings is 1. The number of urea groups is 1. The van der Waals surface area contributed by atoms with Crippen molar-refractivity contribution in [3.63, 3.8) is 0 Å². The van der Waals surface area contributed by atoms with Gasteiger partial charge < -0.3 is 15.7 Å². The molecule has 0 aliphatic heterocycles. The van der Waals surface area contributed by atoms with Gasteiger partial charge in [-0.15, -0.1) is 0 Å². The smallest absolute Gasteiger partial charge is 0.323 e. The maximum absolute atomic E-state index is 12.9. The molecule has 0 spiro atoms. The van der Waals surface area contributed by atoms with Crippen LogP contribution in [0.2, 0.25) is 0 Å². The van der Waals surface area contributed by atoms with Crippen LogP contribution in [0.1, 0.15) is 18.5 Å². The van der Waals surface area contributed by atoms with E-state index in [0.29, 0.717) is 5.56 Å². The number of amides is 2. The van der Waals surface area contributed by atoms with Crippen LogP contribution in [0.3, 0.4) is 0 Å². The molecule has 1 atom stereocenters. The molecule has 5 nitrogen and oxygen atoms in total. The Bertz CT molecular complexity index is 423. The molecular formula is C11H13FN2O3. The highest BCUT2D eigenvalue weighted by Gasteiger charge is 2.10. The van der Waals surface area contributed by atoms with Gasteiger partial charge in [-0.05, 0) is 24.6 Å². The summed E-state index contributed by atoms with van der Waals surface area (Å²) in [4.78, 5) is 21.4. The number of nitrogens with one attached hydrogen (secondary N) is 2. The van der Waals surface area contributed by atoms with E-state index in [9.17, 15) is 14.0 Å². The number of hydrogen-bond acceptors (Lipinski definition) is 2. The van der Waals surface area contributed by atoms with Gasteiger partial charge in [-0.1, -0.05) is 12.1 Å². The van der Waals surface area contributed by atoms with Crippen molar-refractivity contribution in [3.05, 3.63) is 35.6 Å². The summed E-state index contributed by atoms with van der Waals surface area (Å²) in [6.07, 6.45) is 0. The van der Waals surface area contributed by atoms with Crippen LogP contribution in [0.25, 0.3) is 0 Å². The summed E-state index contributed by atoms with van der Waals surface area (Å²) < 4.78 is 12.9. The molecule has 6 heteroatoms. The first-order valence-corrected chi connectivity index (χ1v) is 5.00. The van der Waals surface area contributed by atoms with Crippen LogP contribution in [-0.4, -0.2) is 23.7 Å². The van der Waals surface area contributed by atoms with Crippen LogP contribution in [0.4, 0.5) is 9.18 Å². The lowest BCUT2D eigenvalue weighted by molar-refractivity contribution is -0.135. The molecule has 0 saturated heterocycles. The molecule has 17 heavy (non-hydrogen) atoms. The quantitative estimate of drug-likeness (QED) is 0.741. The Morgan fingerprint density at radius 3 is 2.76 bits per heavy atom. The first-order chi connectivity index (χ1) is 7.99. The largest absolute Gasteiger partial charge is 0.480 e. The van der Waals surface area contributed by atoms with Crippen molar-refractivity contribution in [1.29, 1.82) is 0 Å². The van der Waals surface area contributed by atoms with Gasteiger partial charge in [0.15, 0.2) is 0 Å². The first-order valence-electron chi connectivity index (χ1n) is 5.00. The van der Waals surface area contributed by atoms with Gasteiger partial charge in [0.2, 0.25) is 0 Å². The average molecular weight is 240 g/mol. The maximum Gasteiger partial charge on any atom is 0.323 e. The van der Waals surface area contributed by atoms with E-state index in [1.54, 1.807) is 13.0 Å². The van der Waals surface area contributed by atoms with E-state index >= 15 is 0 Å². The number of halogens is 1. The fourth-order valence-corrected chi connectivity index (χ4v) is 1.26. The number of carboxylic acids is 1. The van der Waals surface area contributed by atoms with Gasteiger partial charge in [0.1, 0.15) is 12.4 Å². The minimum Gasteiger partial charge on any atom is -0.480 e. The van der Waals surface area contributed by atoms with Crippen molar-refractivity contribution in [1.82, 2.24) is 10.6 Å². The highest BCUT2D eigenvalue weighted by molar-refractivity contribution is 5.80. The molecule has 0 fully saturated rings. The zero-order valence-corrected chi connectivity index (χ0v) is 9.24. The SMILES string of the molecule is CC(NC(=O)NCC(=O)O)c1cccc(F)c1. The van der Waals surface area contributed by atoms with Gasteiger partial charge in [-0.2, -0.15) is 0 Å². The molecule has 1 rings (SSSR count). The molecule has 0 bridgehead atoms. The van der Waals surface area contributed by atoms with E-state index in [2.05, 4.69) is 10.6 Å². The van der Waals surface area contributed by atoms with Crippen LogP contribution in [-0.2, 0) is 4.79 Å². The van der Waals surface area contributed by atoms with Crippen molar-refractivity contribution >= 4 is 12.0 Å². The predicted molar refractivity (Wildman–Crippen MR) is 59.0 cm³/mol. The van der Waals surface area contributed by atoms with Crippen LogP contribution in [0.5, 0.6) is 0 Å². The fourth-order valence-electron chi connectivity index (χ4n) is 1.26. The Balaban J connectivity index is 2.51. The van der Waals surface area contributed by atoms with Gasteiger partial charge in [-0.25, -0.2) is 9.18 Å². The van der Waals surface area contributed by atoms with E-state index in [-0.39, 0.29) is 5.82 Å². The summed E-state index contributed by atoms with van der Waals surface area (Å²) in [5, 5.41) is 13.0. The van der Waals surface area contributed by atoms with Crippen LogP contribution >= 0.6 is 0 Å². The Labute approximate surface area is 97.6 Å². The molecule has 1 unspecified atom stereocenters. The minimum absolute atomic E-state index is 0.387. The molecule has 0 saturated carbocycles. The number of hydrogen-bond donors (Lipinski definition) is 3. The van der Waals surface area contributed by atoms with Crippen molar-refractivity contribution < 1.29 is 19.1 Å². The van der Waals surface area contributed by atoms with Crippen molar-refractivity contribution in [3.8, 4) is 0 Å². The van der Waals surface area contributed by atoms with Crippen LogP contribution in [0.15, 0.2) is 24.3 Å². The van der Waals surface area contributed by atoms with Gasteiger partial charge in [-0.3, -0.25) is 4.79 Å². The van der Waals surface area contributed by atoms with E-state index in [1.807, 2.05) is 0 Å². The Morgan fingerprint density at radius 1 is 1.47 bits per heavy atom. The second-order valence-corrected chi connectivity index (χ2v) is 3.50. The van der Waals surface area contributed by atoms with Gasteiger partial charge >= 0.3 is 12.0 Å². The zero-order chi connectivity index (χ0) is 12.8. The van der Waals surface area contributed by atoms with E-state index in [4.69, 9.17) is 5.11 Å². The molecule has 0 aliphatic carbocycles. The third-order valence-electron chi connectivity index (χ3n) is 2.10. The molecule has 0 aliphatic rings. The lowest BCUT2D eigenvalue weighted by Gasteiger charge is -2.14. The second kappa shape index (κ2) is 5.83. The Kier molecular flexibility index (Phi) is 4.45. The molecular weight excluding hydrogens is 227 g/mol. The number of carbonyl (C=O) groups is 2. The maximum atomic E-state index is 12.9. The third kappa shape index (κ3) is 4.50. The molecule has 92 valence electrons. The lowest BCUT2D eigenvalue weighted by Crippen LogP contribution is -2.39. The van der Waals surface area contributed by atoms with E-state index in [0.717, 1.165) is 0 Å². The van der Waals surface area contributed by atoms with E-state index < -0.39 is 24.6 Å². The number of carboxylic acid groups (broad SMARTS) is 1. The molecule has 3 N–H and O–H groups in total. The van der Waals surface area contributed by atoms with Crippen LogP contribution in [0, 0.1) is 5.82 Å². The predicted octanol–water partition coefficient (Wildman–Crippen LogP) is 1.27. The molecule has 0 aromatic heterocycles. The molecule has 0 heterocycles.